The summed E-state index contributed by atoms with van der Waals surface area (Å²) in [5, 5.41) is 10.3. The summed E-state index contributed by atoms with van der Waals surface area (Å²) in [7, 11) is 5.77. The summed E-state index contributed by atoms with van der Waals surface area (Å²) >= 11 is 7.63. The highest BCUT2D eigenvalue weighted by molar-refractivity contribution is 7.99. The fourth-order valence-corrected chi connectivity index (χ4v) is 4.01. The number of Topliss-reactive ketones (excluding diaryl/α,β-unsaturated/α-hetero) is 1. The number of hydrogen-bond acceptors (Lipinski definition) is 3. The molecule has 0 aromatic heterocycles. The van der Waals surface area contributed by atoms with Gasteiger partial charge in [-0.1, -0.05) is 41.3 Å². The van der Waals surface area contributed by atoms with Crippen LogP contribution >= 0.6 is 23.4 Å². The Morgan fingerprint density at radius 2 is 1.74 bits per heavy atom. The first-order valence-corrected chi connectivity index (χ1v) is 9.78. The molecule has 0 bridgehead atoms. The molecule has 0 heterocycles. The van der Waals surface area contributed by atoms with E-state index >= 15 is 0 Å². The normalized spacial score (nSPS) is 11.9. The Bertz CT molecular complexity index is 940. The van der Waals surface area contributed by atoms with Gasteiger partial charge < -0.3 is 5.11 Å². The molecule has 3 aromatic carbocycles. The Balaban J connectivity index is 1.86. The van der Waals surface area contributed by atoms with Crippen molar-refractivity contribution in [2.45, 2.75) is 23.5 Å². The monoisotopic (exact) mass is 392 g/mol. The van der Waals surface area contributed by atoms with Crippen LogP contribution in [0, 0.1) is 6.92 Å². The number of carbonyl (C=O) groups excluding carboxylic acids is 1. The van der Waals surface area contributed by atoms with Crippen molar-refractivity contribution in [1.82, 2.24) is 0 Å². The highest BCUT2D eigenvalue weighted by Crippen LogP contribution is 2.39. The SMILES string of the molecule is [B]c1ccc(SC(CC(=O)c2ccc(O)c(C)c2)c2ccc(Cl)cc2)cc1. The lowest BCUT2D eigenvalue weighted by Crippen LogP contribution is -2.06. The van der Waals surface area contributed by atoms with Crippen LogP contribution in [0.2, 0.25) is 5.02 Å². The summed E-state index contributed by atoms with van der Waals surface area (Å²) in [6.45, 7) is 1.78. The van der Waals surface area contributed by atoms with Crippen LogP contribution in [-0.2, 0) is 0 Å². The van der Waals surface area contributed by atoms with Gasteiger partial charge in [-0.15, -0.1) is 11.8 Å². The Kier molecular flexibility index (Phi) is 6.30. The molecule has 0 aliphatic carbocycles. The Hall–Kier alpha value is -2.17. The van der Waals surface area contributed by atoms with E-state index in [1.165, 1.54) is 0 Å². The predicted octanol–water partition coefficient (Wildman–Crippen LogP) is 5.25. The number of carbonyl (C=O) groups is 1. The standard InChI is InChI=1S/C22H18BClO2S/c1-14-12-16(4-11-20(14)25)21(26)13-22(15-2-7-18(24)8-3-15)27-19-9-5-17(23)6-10-19/h2-12,22,25H,13H2,1H3. The van der Waals surface area contributed by atoms with Gasteiger partial charge in [0.25, 0.3) is 0 Å². The predicted molar refractivity (Wildman–Crippen MR) is 114 cm³/mol. The number of ketones is 1. The van der Waals surface area contributed by atoms with Crippen LogP contribution in [0.1, 0.15) is 33.2 Å². The quantitative estimate of drug-likeness (QED) is 0.353. The summed E-state index contributed by atoms with van der Waals surface area (Å²) in [4.78, 5) is 13.9. The molecule has 0 saturated carbocycles. The van der Waals surface area contributed by atoms with Crippen molar-refractivity contribution in [2.75, 3.05) is 0 Å². The van der Waals surface area contributed by atoms with Crippen LogP contribution < -0.4 is 5.46 Å². The Labute approximate surface area is 170 Å². The first kappa shape index (κ1) is 19.6. The molecule has 27 heavy (non-hydrogen) atoms. The average Bonchev–Trinajstić information content (AvgIpc) is 2.65. The second-order valence-corrected chi connectivity index (χ2v) is 8.07. The van der Waals surface area contributed by atoms with E-state index in [0.717, 1.165) is 10.5 Å². The fourth-order valence-electron chi connectivity index (χ4n) is 2.73. The molecule has 3 rings (SSSR count). The maximum absolute atomic E-state index is 12.9. The number of aryl methyl sites for hydroxylation is 1. The van der Waals surface area contributed by atoms with E-state index in [0.29, 0.717) is 28.0 Å². The minimum absolute atomic E-state index is 0.0287. The van der Waals surface area contributed by atoms with Gasteiger partial charge in [0.05, 0.1) is 0 Å². The summed E-state index contributed by atoms with van der Waals surface area (Å²) in [6, 6.07) is 20.1. The minimum atomic E-state index is -0.0625. The molecule has 5 heteroatoms. The smallest absolute Gasteiger partial charge is 0.164 e. The summed E-state index contributed by atoms with van der Waals surface area (Å²) in [5.74, 6) is 0.220. The van der Waals surface area contributed by atoms with Crippen LogP contribution in [0.3, 0.4) is 0 Å². The van der Waals surface area contributed by atoms with Crippen molar-refractivity contribution in [3.63, 3.8) is 0 Å². The number of aromatic hydroxyl groups is 1. The van der Waals surface area contributed by atoms with Gasteiger partial charge in [0.2, 0.25) is 0 Å². The summed E-state index contributed by atoms with van der Waals surface area (Å²) in [6.07, 6.45) is 0.334. The zero-order valence-corrected chi connectivity index (χ0v) is 16.4. The number of thioether (sulfide) groups is 1. The lowest BCUT2D eigenvalue weighted by atomic mass is 9.97. The molecular formula is C22H18BClO2S. The Morgan fingerprint density at radius 3 is 2.37 bits per heavy atom. The molecule has 2 radical (unpaired) electrons. The first-order valence-electron chi connectivity index (χ1n) is 8.53. The zero-order chi connectivity index (χ0) is 19.4. The van der Waals surface area contributed by atoms with Crippen molar-refractivity contribution >= 4 is 42.5 Å². The van der Waals surface area contributed by atoms with Gasteiger partial charge in [-0.3, -0.25) is 4.79 Å². The lowest BCUT2D eigenvalue weighted by Gasteiger charge is -2.17. The van der Waals surface area contributed by atoms with E-state index in [4.69, 9.17) is 19.4 Å². The molecule has 0 amide bonds. The van der Waals surface area contributed by atoms with E-state index in [1.807, 2.05) is 48.5 Å². The van der Waals surface area contributed by atoms with Crippen LogP contribution in [0.25, 0.3) is 0 Å². The fraction of sp³-hybridized carbons (Fsp3) is 0.136. The molecule has 0 saturated heterocycles. The second kappa shape index (κ2) is 8.68. The third kappa shape index (κ3) is 5.18. The lowest BCUT2D eigenvalue weighted by molar-refractivity contribution is 0.0982. The number of rotatable bonds is 6. The van der Waals surface area contributed by atoms with Crippen molar-refractivity contribution in [3.05, 3.63) is 88.4 Å². The van der Waals surface area contributed by atoms with Crippen molar-refractivity contribution in [2.24, 2.45) is 0 Å². The van der Waals surface area contributed by atoms with E-state index in [9.17, 15) is 9.90 Å². The molecule has 1 atom stereocenters. The molecule has 3 aromatic rings. The van der Waals surface area contributed by atoms with Crippen LogP contribution in [0.15, 0.2) is 71.6 Å². The highest BCUT2D eigenvalue weighted by atomic mass is 35.5. The van der Waals surface area contributed by atoms with Gasteiger partial charge in [-0.25, -0.2) is 0 Å². The minimum Gasteiger partial charge on any atom is -0.508 e. The summed E-state index contributed by atoms with van der Waals surface area (Å²) < 4.78 is 0. The third-order valence-electron chi connectivity index (χ3n) is 4.29. The van der Waals surface area contributed by atoms with Crippen molar-refractivity contribution < 1.29 is 9.90 Å². The largest absolute Gasteiger partial charge is 0.508 e. The maximum Gasteiger partial charge on any atom is 0.164 e. The van der Waals surface area contributed by atoms with Crippen molar-refractivity contribution in [3.8, 4) is 5.75 Å². The van der Waals surface area contributed by atoms with Crippen LogP contribution in [0.5, 0.6) is 5.75 Å². The van der Waals surface area contributed by atoms with E-state index in [1.54, 1.807) is 36.9 Å². The van der Waals surface area contributed by atoms with Gasteiger partial charge in [-0.2, -0.15) is 0 Å². The molecule has 1 unspecified atom stereocenters. The average molecular weight is 393 g/mol. The van der Waals surface area contributed by atoms with Crippen LogP contribution in [0.4, 0.5) is 0 Å². The van der Waals surface area contributed by atoms with Gasteiger partial charge >= 0.3 is 0 Å². The van der Waals surface area contributed by atoms with E-state index < -0.39 is 0 Å². The summed E-state index contributed by atoms with van der Waals surface area (Å²) in [5.41, 5.74) is 3.03. The molecule has 1 N–H and O–H groups in total. The van der Waals surface area contributed by atoms with E-state index in [2.05, 4.69) is 0 Å². The number of phenols is 1. The van der Waals surface area contributed by atoms with Gasteiger partial charge in [0.15, 0.2) is 5.78 Å². The third-order valence-corrected chi connectivity index (χ3v) is 5.81. The molecule has 0 fully saturated rings. The number of benzene rings is 3. The van der Waals surface area contributed by atoms with E-state index in [-0.39, 0.29) is 16.8 Å². The molecule has 2 nitrogen and oxygen atoms in total. The molecule has 0 aliphatic heterocycles. The second-order valence-electron chi connectivity index (χ2n) is 6.36. The van der Waals surface area contributed by atoms with Crippen LogP contribution in [-0.4, -0.2) is 18.7 Å². The van der Waals surface area contributed by atoms with Crippen molar-refractivity contribution in [1.29, 1.82) is 0 Å². The molecule has 0 spiro atoms. The van der Waals surface area contributed by atoms with Gasteiger partial charge in [-0.05, 0) is 60.5 Å². The van der Waals surface area contributed by atoms with Gasteiger partial charge in [0.1, 0.15) is 13.6 Å². The Morgan fingerprint density at radius 1 is 1.07 bits per heavy atom. The topological polar surface area (TPSA) is 37.3 Å². The molecular weight excluding hydrogens is 375 g/mol. The van der Waals surface area contributed by atoms with Gasteiger partial charge in [0, 0.05) is 27.2 Å². The highest BCUT2D eigenvalue weighted by Gasteiger charge is 2.19. The maximum atomic E-state index is 12.9. The number of hydrogen-bond donors (Lipinski definition) is 1. The number of phenolic OH excluding ortho intramolecular Hbond substituents is 1. The number of halogens is 1. The molecule has 0 aliphatic rings. The molecule has 134 valence electrons. The first-order chi connectivity index (χ1) is 12.9. The zero-order valence-electron chi connectivity index (χ0n) is 14.9.